The predicted octanol–water partition coefficient (Wildman–Crippen LogP) is 3.73. The van der Waals surface area contributed by atoms with Crippen LogP contribution in [0.15, 0.2) is 24.3 Å². The lowest BCUT2D eigenvalue weighted by molar-refractivity contribution is 0.195. The molecule has 0 aliphatic carbocycles. The van der Waals surface area contributed by atoms with E-state index in [1.54, 1.807) is 0 Å². The minimum Gasteiger partial charge on any atom is -0.353 e. The highest BCUT2D eigenvalue weighted by molar-refractivity contribution is 5.74. The SMILES string of the molecule is CCNC(=O)N1CCN(c2nc(CC(C)C)nc(C)c2Cc2cccc(C)c2)CC1. The van der Waals surface area contributed by atoms with Gasteiger partial charge >= 0.3 is 6.03 Å². The average molecular weight is 410 g/mol. The number of aromatic nitrogens is 2. The third-order valence-corrected chi connectivity index (χ3v) is 5.49. The summed E-state index contributed by atoms with van der Waals surface area (Å²) in [5.41, 5.74) is 4.79. The van der Waals surface area contributed by atoms with Crippen molar-refractivity contribution < 1.29 is 4.79 Å². The smallest absolute Gasteiger partial charge is 0.317 e. The molecule has 1 aliphatic heterocycles. The maximum atomic E-state index is 12.2. The summed E-state index contributed by atoms with van der Waals surface area (Å²) >= 11 is 0. The molecule has 1 N–H and O–H groups in total. The van der Waals surface area contributed by atoms with Crippen LogP contribution in [0.5, 0.6) is 0 Å². The number of hydrogen-bond donors (Lipinski definition) is 1. The molecular weight excluding hydrogens is 374 g/mol. The molecule has 162 valence electrons. The number of nitrogens with zero attached hydrogens (tertiary/aromatic N) is 4. The van der Waals surface area contributed by atoms with Gasteiger partial charge < -0.3 is 15.1 Å². The van der Waals surface area contributed by atoms with E-state index in [9.17, 15) is 4.79 Å². The zero-order valence-corrected chi connectivity index (χ0v) is 19.0. The fourth-order valence-corrected chi connectivity index (χ4v) is 3.97. The topological polar surface area (TPSA) is 61.4 Å². The molecule has 0 radical (unpaired) electrons. The number of carbonyl (C=O) groups is 1. The lowest BCUT2D eigenvalue weighted by atomic mass is 10.0. The molecule has 1 saturated heterocycles. The summed E-state index contributed by atoms with van der Waals surface area (Å²) < 4.78 is 0. The van der Waals surface area contributed by atoms with Crippen LogP contribution < -0.4 is 10.2 Å². The molecule has 6 heteroatoms. The first-order chi connectivity index (χ1) is 14.4. The molecule has 6 nitrogen and oxygen atoms in total. The van der Waals surface area contributed by atoms with E-state index in [4.69, 9.17) is 9.97 Å². The quantitative estimate of drug-likeness (QED) is 0.790. The Hall–Kier alpha value is -2.63. The van der Waals surface area contributed by atoms with Crippen LogP contribution in [0.25, 0.3) is 0 Å². The van der Waals surface area contributed by atoms with E-state index in [1.807, 2.05) is 11.8 Å². The number of piperazine rings is 1. The molecule has 1 aliphatic rings. The van der Waals surface area contributed by atoms with Crippen molar-refractivity contribution in [1.29, 1.82) is 0 Å². The minimum absolute atomic E-state index is 0.0245. The molecule has 30 heavy (non-hydrogen) atoms. The molecule has 2 amide bonds. The van der Waals surface area contributed by atoms with Gasteiger partial charge in [0.05, 0.1) is 0 Å². The maximum absolute atomic E-state index is 12.2. The molecular formula is C24H35N5O. The van der Waals surface area contributed by atoms with E-state index in [1.165, 1.54) is 16.7 Å². The molecule has 2 aromatic rings. The van der Waals surface area contributed by atoms with Gasteiger partial charge in [-0.25, -0.2) is 14.8 Å². The van der Waals surface area contributed by atoms with Crippen LogP contribution in [0.2, 0.25) is 0 Å². The van der Waals surface area contributed by atoms with Crippen molar-refractivity contribution in [3.63, 3.8) is 0 Å². The Morgan fingerprint density at radius 2 is 1.87 bits per heavy atom. The van der Waals surface area contributed by atoms with Crippen molar-refractivity contribution >= 4 is 11.8 Å². The Balaban J connectivity index is 1.88. The Morgan fingerprint density at radius 3 is 2.50 bits per heavy atom. The monoisotopic (exact) mass is 409 g/mol. The van der Waals surface area contributed by atoms with E-state index < -0.39 is 0 Å². The van der Waals surface area contributed by atoms with E-state index in [2.05, 4.69) is 62.2 Å². The Labute approximate surface area is 180 Å². The number of nitrogens with one attached hydrogen (secondary N) is 1. The first-order valence-corrected chi connectivity index (χ1v) is 11.1. The van der Waals surface area contributed by atoms with Gasteiger partial charge in [0.1, 0.15) is 11.6 Å². The molecule has 2 heterocycles. The van der Waals surface area contributed by atoms with Gasteiger partial charge in [-0.3, -0.25) is 0 Å². The number of carbonyl (C=O) groups excluding carboxylic acids is 1. The second-order valence-electron chi connectivity index (χ2n) is 8.60. The van der Waals surface area contributed by atoms with Crippen LogP contribution in [-0.2, 0) is 12.8 Å². The largest absolute Gasteiger partial charge is 0.353 e. The number of urea groups is 1. The number of aryl methyl sites for hydroxylation is 2. The van der Waals surface area contributed by atoms with Crippen LogP contribution in [0.1, 0.15) is 49.0 Å². The molecule has 0 spiro atoms. The summed E-state index contributed by atoms with van der Waals surface area (Å²) in [5.74, 6) is 2.46. The summed E-state index contributed by atoms with van der Waals surface area (Å²) in [7, 11) is 0. The molecule has 0 atom stereocenters. The number of benzene rings is 1. The summed E-state index contributed by atoms with van der Waals surface area (Å²) in [6.07, 6.45) is 1.69. The minimum atomic E-state index is 0.0245. The molecule has 1 aromatic heterocycles. The van der Waals surface area contributed by atoms with Crippen molar-refractivity contribution in [2.75, 3.05) is 37.6 Å². The second kappa shape index (κ2) is 9.92. The molecule has 3 rings (SSSR count). The third-order valence-electron chi connectivity index (χ3n) is 5.49. The Bertz CT molecular complexity index is 872. The molecule has 0 bridgehead atoms. The van der Waals surface area contributed by atoms with Crippen LogP contribution in [0.3, 0.4) is 0 Å². The van der Waals surface area contributed by atoms with Gasteiger partial charge in [0.25, 0.3) is 0 Å². The lowest BCUT2D eigenvalue weighted by Gasteiger charge is -2.36. The summed E-state index contributed by atoms with van der Waals surface area (Å²) in [5, 5.41) is 2.90. The highest BCUT2D eigenvalue weighted by Crippen LogP contribution is 2.26. The highest BCUT2D eigenvalue weighted by atomic mass is 16.2. The third kappa shape index (κ3) is 5.49. The standard InChI is InChI=1S/C24H35N5O/c1-6-25-24(30)29-12-10-28(11-13-29)23-21(16-20-9-7-8-18(4)15-20)19(5)26-22(27-23)14-17(2)3/h7-9,15,17H,6,10-14,16H2,1-5H3,(H,25,30). The van der Waals surface area contributed by atoms with Gasteiger partial charge in [0.15, 0.2) is 0 Å². The number of amides is 2. The van der Waals surface area contributed by atoms with Gasteiger partial charge in [-0.1, -0.05) is 43.7 Å². The molecule has 1 fully saturated rings. The molecule has 0 unspecified atom stereocenters. The number of anilines is 1. The van der Waals surface area contributed by atoms with Gasteiger partial charge in [-0.05, 0) is 32.3 Å². The second-order valence-corrected chi connectivity index (χ2v) is 8.60. The Kier molecular flexibility index (Phi) is 7.29. The van der Waals surface area contributed by atoms with Gasteiger partial charge in [-0.15, -0.1) is 0 Å². The lowest BCUT2D eigenvalue weighted by Crippen LogP contribution is -2.52. The predicted molar refractivity (Wildman–Crippen MR) is 122 cm³/mol. The van der Waals surface area contributed by atoms with Crippen molar-refractivity contribution in [1.82, 2.24) is 20.2 Å². The number of hydrogen-bond acceptors (Lipinski definition) is 4. The molecule has 1 aromatic carbocycles. The normalized spacial score (nSPS) is 14.3. The van der Waals surface area contributed by atoms with E-state index in [0.29, 0.717) is 25.6 Å². The zero-order valence-electron chi connectivity index (χ0n) is 19.0. The van der Waals surface area contributed by atoms with Crippen molar-refractivity contribution in [2.24, 2.45) is 5.92 Å². The highest BCUT2D eigenvalue weighted by Gasteiger charge is 2.25. The fourth-order valence-electron chi connectivity index (χ4n) is 3.97. The van der Waals surface area contributed by atoms with Gasteiger partial charge in [-0.2, -0.15) is 0 Å². The van der Waals surface area contributed by atoms with Gasteiger partial charge in [0, 0.05) is 56.8 Å². The van der Waals surface area contributed by atoms with Crippen molar-refractivity contribution in [3.8, 4) is 0 Å². The van der Waals surface area contributed by atoms with Crippen molar-refractivity contribution in [2.45, 2.75) is 47.5 Å². The van der Waals surface area contributed by atoms with Crippen LogP contribution in [0, 0.1) is 19.8 Å². The van der Waals surface area contributed by atoms with Gasteiger partial charge in [0.2, 0.25) is 0 Å². The average Bonchev–Trinajstić information content (AvgIpc) is 2.70. The molecule has 0 saturated carbocycles. The van der Waals surface area contributed by atoms with Crippen LogP contribution in [-0.4, -0.2) is 53.6 Å². The Morgan fingerprint density at radius 1 is 1.13 bits per heavy atom. The van der Waals surface area contributed by atoms with E-state index >= 15 is 0 Å². The fraction of sp³-hybridized carbons (Fsp3) is 0.542. The zero-order chi connectivity index (χ0) is 21.7. The van der Waals surface area contributed by atoms with Crippen LogP contribution in [0.4, 0.5) is 10.6 Å². The van der Waals surface area contributed by atoms with E-state index in [0.717, 1.165) is 43.3 Å². The summed E-state index contributed by atoms with van der Waals surface area (Å²) in [4.78, 5) is 26.3. The van der Waals surface area contributed by atoms with Crippen molar-refractivity contribution in [3.05, 3.63) is 52.5 Å². The van der Waals surface area contributed by atoms with E-state index in [-0.39, 0.29) is 6.03 Å². The summed E-state index contributed by atoms with van der Waals surface area (Å²) in [6, 6.07) is 8.67. The first-order valence-electron chi connectivity index (χ1n) is 11.1. The number of rotatable bonds is 6. The van der Waals surface area contributed by atoms with Crippen LogP contribution >= 0.6 is 0 Å². The summed E-state index contributed by atoms with van der Waals surface area (Å²) in [6.45, 7) is 14.2. The maximum Gasteiger partial charge on any atom is 0.317 e. The first kappa shape index (κ1) is 22.1.